The standard InChI is InChI=1S/C20H31ClN2O3/c1-4-6-13-26-14-7-12-22-20(25)18(15(3)5-2)23-19(24)16-8-10-17(21)11-9-16/h8-11,15,18H,4-7,12-14H2,1-3H3,(H,22,25)(H,23,24)/t15-,18-/m0/s1. The molecule has 1 rings (SSSR count). The van der Waals surface area contributed by atoms with Gasteiger partial charge in [0, 0.05) is 30.3 Å². The largest absolute Gasteiger partial charge is 0.381 e. The highest BCUT2D eigenvalue weighted by Gasteiger charge is 2.26. The van der Waals surface area contributed by atoms with Gasteiger partial charge in [0.25, 0.3) is 5.91 Å². The van der Waals surface area contributed by atoms with Crippen LogP contribution in [0.5, 0.6) is 0 Å². The van der Waals surface area contributed by atoms with Crippen molar-refractivity contribution in [2.45, 2.75) is 52.5 Å². The molecule has 1 aromatic carbocycles. The van der Waals surface area contributed by atoms with Gasteiger partial charge in [-0.2, -0.15) is 0 Å². The molecule has 0 saturated carbocycles. The highest BCUT2D eigenvalue weighted by atomic mass is 35.5. The molecule has 26 heavy (non-hydrogen) atoms. The van der Waals surface area contributed by atoms with Crippen LogP contribution in [0.3, 0.4) is 0 Å². The highest BCUT2D eigenvalue weighted by molar-refractivity contribution is 6.30. The van der Waals surface area contributed by atoms with Crippen molar-refractivity contribution >= 4 is 23.4 Å². The van der Waals surface area contributed by atoms with Crippen LogP contribution in [0.1, 0.15) is 56.8 Å². The Kier molecular flexibility index (Phi) is 11.0. The fraction of sp³-hybridized carbons (Fsp3) is 0.600. The number of rotatable bonds is 12. The van der Waals surface area contributed by atoms with Gasteiger partial charge in [-0.1, -0.05) is 45.2 Å². The van der Waals surface area contributed by atoms with Crippen molar-refractivity contribution in [3.63, 3.8) is 0 Å². The van der Waals surface area contributed by atoms with Gasteiger partial charge in [-0.3, -0.25) is 9.59 Å². The van der Waals surface area contributed by atoms with Crippen LogP contribution in [-0.2, 0) is 9.53 Å². The Morgan fingerprint density at radius 3 is 2.38 bits per heavy atom. The molecule has 0 aliphatic rings. The van der Waals surface area contributed by atoms with Crippen LogP contribution in [0, 0.1) is 5.92 Å². The number of carbonyl (C=O) groups is 2. The van der Waals surface area contributed by atoms with Crippen LogP contribution in [0.2, 0.25) is 5.02 Å². The lowest BCUT2D eigenvalue weighted by atomic mass is 9.98. The molecule has 0 fully saturated rings. The van der Waals surface area contributed by atoms with E-state index in [1.54, 1.807) is 24.3 Å². The normalized spacial score (nSPS) is 13.1. The van der Waals surface area contributed by atoms with Gasteiger partial charge in [0.05, 0.1) is 0 Å². The Bertz CT molecular complexity index is 548. The van der Waals surface area contributed by atoms with Gasteiger partial charge in [-0.25, -0.2) is 0 Å². The first-order valence-corrected chi connectivity index (χ1v) is 9.79. The molecule has 5 nitrogen and oxygen atoms in total. The van der Waals surface area contributed by atoms with Crippen molar-refractivity contribution in [1.82, 2.24) is 10.6 Å². The van der Waals surface area contributed by atoms with Crippen LogP contribution in [0.15, 0.2) is 24.3 Å². The zero-order chi connectivity index (χ0) is 19.4. The molecule has 1 aromatic rings. The molecule has 0 aliphatic carbocycles. The van der Waals surface area contributed by atoms with Crippen molar-refractivity contribution < 1.29 is 14.3 Å². The van der Waals surface area contributed by atoms with Gasteiger partial charge < -0.3 is 15.4 Å². The minimum absolute atomic E-state index is 0.0343. The molecule has 0 saturated heterocycles. The number of ether oxygens (including phenoxy) is 1. The van der Waals surface area contributed by atoms with E-state index in [-0.39, 0.29) is 17.7 Å². The van der Waals surface area contributed by atoms with E-state index in [1.807, 2.05) is 13.8 Å². The van der Waals surface area contributed by atoms with E-state index < -0.39 is 6.04 Å². The zero-order valence-electron chi connectivity index (χ0n) is 16.0. The molecule has 6 heteroatoms. The Morgan fingerprint density at radius 2 is 1.77 bits per heavy atom. The number of amides is 2. The monoisotopic (exact) mass is 382 g/mol. The molecule has 2 N–H and O–H groups in total. The quantitative estimate of drug-likeness (QED) is 0.540. The summed E-state index contributed by atoms with van der Waals surface area (Å²) >= 11 is 5.85. The summed E-state index contributed by atoms with van der Waals surface area (Å²) < 4.78 is 5.49. The average molecular weight is 383 g/mol. The lowest BCUT2D eigenvalue weighted by molar-refractivity contribution is -0.124. The SMILES string of the molecule is CCCCOCCCNC(=O)[C@@H](NC(=O)c1ccc(Cl)cc1)[C@@H](C)CC. The molecular formula is C20H31ClN2O3. The van der Waals surface area contributed by atoms with Crippen LogP contribution < -0.4 is 10.6 Å². The molecule has 0 bridgehead atoms. The number of hydrogen-bond donors (Lipinski definition) is 2. The number of unbranched alkanes of at least 4 members (excludes halogenated alkanes) is 1. The summed E-state index contributed by atoms with van der Waals surface area (Å²) in [6.07, 6.45) is 3.72. The number of carbonyl (C=O) groups excluding carboxylic acids is 2. The second kappa shape index (κ2) is 12.7. The Labute approximate surface area is 161 Å². The topological polar surface area (TPSA) is 67.4 Å². The van der Waals surface area contributed by atoms with Gasteiger partial charge in [0.15, 0.2) is 0 Å². The fourth-order valence-corrected chi connectivity index (χ4v) is 2.50. The first-order chi connectivity index (χ1) is 12.5. The maximum atomic E-state index is 12.5. The smallest absolute Gasteiger partial charge is 0.251 e. The van der Waals surface area contributed by atoms with Crippen molar-refractivity contribution in [1.29, 1.82) is 0 Å². The third-order valence-electron chi connectivity index (χ3n) is 4.30. The van der Waals surface area contributed by atoms with Crippen molar-refractivity contribution in [2.75, 3.05) is 19.8 Å². The highest BCUT2D eigenvalue weighted by Crippen LogP contribution is 2.12. The van der Waals surface area contributed by atoms with Crippen molar-refractivity contribution in [3.05, 3.63) is 34.9 Å². The second-order valence-corrected chi connectivity index (χ2v) is 6.89. The maximum absolute atomic E-state index is 12.5. The molecule has 2 atom stereocenters. The maximum Gasteiger partial charge on any atom is 0.251 e. The summed E-state index contributed by atoms with van der Waals surface area (Å²) in [5.74, 6) is -0.396. The van der Waals surface area contributed by atoms with Gasteiger partial charge in [0.1, 0.15) is 6.04 Å². The van der Waals surface area contributed by atoms with E-state index in [0.29, 0.717) is 23.7 Å². The molecule has 0 heterocycles. The van der Waals surface area contributed by atoms with Crippen molar-refractivity contribution in [2.24, 2.45) is 5.92 Å². The van der Waals surface area contributed by atoms with Gasteiger partial charge >= 0.3 is 0 Å². The van der Waals surface area contributed by atoms with E-state index >= 15 is 0 Å². The summed E-state index contributed by atoms with van der Waals surface area (Å²) in [5, 5.41) is 6.32. The zero-order valence-corrected chi connectivity index (χ0v) is 16.8. The van der Waals surface area contributed by atoms with Crippen LogP contribution in [0.25, 0.3) is 0 Å². The lowest BCUT2D eigenvalue weighted by Crippen LogP contribution is -2.50. The number of halogens is 1. The minimum Gasteiger partial charge on any atom is -0.381 e. The molecule has 0 radical (unpaired) electrons. The lowest BCUT2D eigenvalue weighted by Gasteiger charge is -2.23. The van der Waals surface area contributed by atoms with Crippen LogP contribution in [0.4, 0.5) is 0 Å². The third-order valence-corrected chi connectivity index (χ3v) is 4.55. The van der Waals surface area contributed by atoms with E-state index in [4.69, 9.17) is 16.3 Å². The summed E-state index contributed by atoms with van der Waals surface area (Å²) in [7, 11) is 0. The molecule has 2 amide bonds. The third kappa shape index (κ3) is 8.19. The van der Waals surface area contributed by atoms with Crippen LogP contribution >= 0.6 is 11.6 Å². The fourth-order valence-electron chi connectivity index (χ4n) is 2.37. The summed E-state index contributed by atoms with van der Waals surface area (Å²) in [6.45, 7) is 8.01. The predicted octanol–water partition coefficient (Wildman–Crippen LogP) is 3.81. The first kappa shape index (κ1) is 22.5. The van der Waals surface area contributed by atoms with Gasteiger partial charge in [0.2, 0.25) is 5.91 Å². The summed E-state index contributed by atoms with van der Waals surface area (Å²) in [5.41, 5.74) is 0.486. The molecule has 0 aromatic heterocycles. The second-order valence-electron chi connectivity index (χ2n) is 6.45. The Morgan fingerprint density at radius 1 is 1.12 bits per heavy atom. The summed E-state index contributed by atoms with van der Waals surface area (Å²) in [4.78, 5) is 24.9. The first-order valence-electron chi connectivity index (χ1n) is 9.41. The Hall–Kier alpha value is -1.59. The van der Waals surface area contributed by atoms with Gasteiger partial charge in [-0.05, 0) is 43.0 Å². The summed E-state index contributed by atoms with van der Waals surface area (Å²) in [6, 6.07) is 6.05. The number of hydrogen-bond acceptors (Lipinski definition) is 3. The van der Waals surface area contributed by atoms with Gasteiger partial charge in [-0.15, -0.1) is 0 Å². The number of nitrogens with one attached hydrogen (secondary N) is 2. The van der Waals surface area contributed by atoms with E-state index in [9.17, 15) is 9.59 Å². The molecule has 0 aliphatic heterocycles. The number of benzene rings is 1. The van der Waals surface area contributed by atoms with E-state index in [0.717, 1.165) is 32.3 Å². The molecular weight excluding hydrogens is 352 g/mol. The van der Waals surface area contributed by atoms with Crippen molar-refractivity contribution in [3.8, 4) is 0 Å². The minimum atomic E-state index is -0.566. The van der Waals surface area contributed by atoms with E-state index in [1.165, 1.54) is 0 Å². The molecule has 0 spiro atoms. The molecule has 146 valence electrons. The van der Waals surface area contributed by atoms with Crippen LogP contribution in [-0.4, -0.2) is 37.6 Å². The molecule has 0 unspecified atom stereocenters. The average Bonchev–Trinajstić information content (AvgIpc) is 2.64. The Balaban J connectivity index is 2.50. The predicted molar refractivity (Wildman–Crippen MR) is 106 cm³/mol. The van der Waals surface area contributed by atoms with E-state index in [2.05, 4.69) is 17.6 Å².